The molecular weight excluding hydrogens is 1040 g/mol. The second kappa shape index (κ2) is 58.0. The molecule has 1 saturated heterocycles. The molecule has 1 aliphatic heterocycles. The number of carbonyl (C=O) groups excluding carboxylic acids is 3. The Bertz CT molecular complexity index is 1810. The highest BCUT2D eigenvalue weighted by Gasteiger charge is 2.50. The van der Waals surface area contributed by atoms with Crippen molar-refractivity contribution >= 4 is 23.9 Å². The summed E-state index contributed by atoms with van der Waals surface area (Å²) in [6.45, 7) is 5.76. The number of carbonyl (C=O) groups is 4. The van der Waals surface area contributed by atoms with Crippen LogP contribution >= 0.6 is 0 Å². The van der Waals surface area contributed by atoms with Crippen molar-refractivity contribution < 1.29 is 58.2 Å². The van der Waals surface area contributed by atoms with Gasteiger partial charge in [0.2, 0.25) is 0 Å². The van der Waals surface area contributed by atoms with Crippen LogP contribution in [0.15, 0.2) is 97.2 Å². The molecule has 1 fully saturated rings. The fraction of sp³-hybridized carbons (Fsp3) is 0.718. The maximum absolute atomic E-state index is 13.2. The van der Waals surface area contributed by atoms with E-state index < -0.39 is 67.3 Å². The lowest BCUT2D eigenvalue weighted by atomic mass is 9.98. The van der Waals surface area contributed by atoms with E-state index in [9.17, 15) is 34.5 Å². The number of aliphatic carboxylic acids is 1. The first kappa shape index (κ1) is 76.7. The normalized spacial score (nSPS) is 18.2. The molecule has 0 spiro atoms. The van der Waals surface area contributed by atoms with Gasteiger partial charge < -0.3 is 39.0 Å². The number of carboxylic acids is 1. The van der Waals surface area contributed by atoms with E-state index in [0.717, 1.165) is 116 Å². The average Bonchev–Trinajstić information content (AvgIpc) is 3.59. The van der Waals surface area contributed by atoms with Gasteiger partial charge in [-0.25, -0.2) is 4.79 Å². The number of rotatable bonds is 56. The van der Waals surface area contributed by atoms with Crippen LogP contribution in [0.1, 0.15) is 278 Å². The van der Waals surface area contributed by atoms with Gasteiger partial charge in [-0.05, 0) is 89.9 Å². The summed E-state index contributed by atoms with van der Waals surface area (Å²) in [5.41, 5.74) is 0. The van der Waals surface area contributed by atoms with Crippen molar-refractivity contribution in [2.45, 2.75) is 314 Å². The Morgan fingerprint density at radius 3 is 1.19 bits per heavy atom. The Morgan fingerprint density at radius 2 is 0.771 bits per heavy atom. The quantitative estimate of drug-likeness (QED) is 0.0228. The maximum Gasteiger partial charge on any atom is 0.335 e. The van der Waals surface area contributed by atoms with Crippen LogP contribution in [0.5, 0.6) is 0 Å². The Hall–Kier alpha value is -4.36. The summed E-state index contributed by atoms with van der Waals surface area (Å²) in [4.78, 5) is 51.4. The van der Waals surface area contributed by atoms with Crippen molar-refractivity contribution in [2.24, 2.45) is 0 Å². The Balaban J connectivity index is 2.68. The monoisotopic (exact) mass is 1160 g/mol. The van der Waals surface area contributed by atoms with Crippen molar-refractivity contribution in [1.82, 2.24) is 0 Å². The number of unbranched alkanes of at least 4 members (excludes halogenated alkanes) is 26. The van der Waals surface area contributed by atoms with Crippen LogP contribution in [0.25, 0.3) is 0 Å². The van der Waals surface area contributed by atoms with Gasteiger partial charge in [0, 0.05) is 19.3 Å². The van der Waals surface area contributed by atoms with Crippen molar-refractivity contribution in [2.75, 3.05) is 13.2 Å². The number of carboxylic acid groups (broad SMARTS) is 1. The van der Waals surface area contributed by atoms with Crippen molar-refractivity contribution in [3.63, 3.8) is 0 Å². The van der Waals surface area contributed by atoms with E-state index >= 15 is 0 Å². The molecule has 6 atom stereocenters. The summed E-state index contributed by atoms with van der Waals surface area (Å²) >= 11 is 0. The molecule has 0 aliphatic carbocycles. The van der Waals surface area contributed by atoms with Crippen LogP contribution in [0.3, 0.4) is 0 Å². The van der Waals surface area contributed by atoms with Gasteiger partial charge in [-0.15, -0.1) is 0 Å². The number of ether oxygens (including phenoxy) is 5. The number of hydrogen-bond donors (Lipinski definition) is 3. The van der Waals surface area contributed by atoms with Crippen LogP contribution in [0.4, 0.5) is 0 Å². The van der Waals surface area contributed by atoms with Crippen molar-refractivity contribution in [1.29, 1.82) is 0 Å². The SMILES string of the molecule is CC/C=C\C/C=C\C/C=C\C/C=C\C/C=C\CCCC(=O)OC(COC(=O)CCCCCCCCCCCCCCCCCCCCC)COC1OC(C(=O)O)C(O)C(O)C1OC(=O)CCCCCCCCC/C=C\C/C=C\C/C=C\CC. The topological polar surface area (TPSA) is 175 Å². The molecule has 0 amide bonds. The first-order chi connectivity index (χ1) is 40.6. The molecule has 3 N–H and O–H groups in total. The predicted octanol–water partition coefficient (Wildman–Crippen LogP) is 18.0. The van der Waals surface area contributed by atoms with E-state index in [2.05, 4.69) is 112 Å². The van der Waals surface area contributed by atoms with Gasteiger partial charge in [-0.1, -0.05) is 266 Å². The number of hydrogen-bond acceptors (Lipinski definition) is 11. The predicted molar refractivity (Wildman–Crippen MR) is 340 cm³/mol. The zero-order chi connectivity index (χ0) is 60.3. The summed E-state index contributed by atoms with van der Waals surface area (Å²) in [6, 6.07) is 0. The summed E-state index contributed by atoms with van der Waals surface area (Å²) in [6.07, 6.45) is 65.2. The molecule has 0 bridgehead atoms. The number of aliphatic hydroxyl groups is 2. The first-order valence-electron chi connectivity index (χ1n) is 33.2. The van der Waals surface area contributed by atoms with Gasteiger partial charge in [-0.2, -0.15) is 0 Å². The van der Waals surface area contributed by atoms with E-state index in [1.807, 2.05) is 6.08 Å². The highest BCUT2D eigenvalue weighted by atomic mass is 16.7. The minimum atomic E-state index is -1.92. The Morgan fingerprint density at radius 1 is 0.410 bits per heavy atom. The number of esters is 3. The van der Waals surface area contributed by atoms with Gasteiger partial charge in [0.15, 0.2) is 24.6 Å². The fourth-order valence-electron chi connectivity index (χ4n) is 9.65. The van der Waals surface area contributed by atoms with Crippen molar-refractivity contribution in [3.05, 3.63) is 97.2 Å². The third-order valence-electron chi connectivity index (χ3n) is 14.7. The minimum Gasteiger partial charge on any atom is -0.479 e. The smallest absolute Gasteiger partial charge is 0.335 e. The first-order valence-corrected chi connectivity index (χ1v) is 33.2. The molecule has 0 aromatic heterocycles. The Labute approximate surface area is 504 Å². The van der Waals surface area contributed by atoms with Crippen LogP contribution in [0.2, 0.25) is 0 Å². The minimum absolute atomic E-state index is 0.0395. The highest BCUT2D eigenvalue weighted by molar-refractivity contribution is 5.74. The maximum atomic E-state index is 13.2. The highest BCUT2D eigenvalue weighted by Crippen LogP contribution is 2.27. The third-order valence-corrected chi connectivity index (χ3v) is 14.7. The molecule has 1 aliphatic rings. The molecule has 6 unspecified atom stereocenters. The molecule has 1 heterocycles. The van der Waals surface area contributed by atoms with E-state index in [1.165, 1.54) is 96.3 Å². The van der Waals surface area contributed by atoms with Crippen LogP contribution < -0.4 is 0 Å². The Kier molecular flexibility index (Phi) is 53.6. The van der Waals surface area contributed by atoms with E-state index in [4.69, 9.17) is 23.7 Å². The molecule has 83 heavy (non-hydrogen) atoms. The average molecular weight is 1160 g/mol. The van der Waals surface area contributed by atoms with Gasteiger partial charge in [-0.3, -0.25) is 14.4 Å². The van der Waals surface area contributed by atoms with Gasteiger partial charge >= 0.3 is 23.9 Å². The summed E-state index contributed by atoms with van der Waals surface area (Å²) in [5.74, 6) is -3.20. The molecule has 0 radical (unpaired) electrons. The zero-order valence-corrected chi connectivity index (χ0v) is 52.4. The van der Waals surface area contributed by atoms with Crippen LogP contribution in [-0.4, -0.2) is 89.2 Å². The number of allylic oxidation sites excluding steroid dienone is 16. The van der Waals surface area contributed by atoms with Crippen LogP contribution in [-0.2, 0) is 42.9 Å². The second-order valence-corrected chi connectivity index (χ2v) is 22.3. The standard InChI is InChI=1S/C71H118O12/c1-4-7-10-13-16-19-22-25-28-31-32-35-36-39-42-45-48-51-54-57-63(72)79-60-62(81-64(73)58-55-52-49-46-43-40-37-33-29-26-23-20-17-14-11-8-5-2)61-80-71-69(67(76)66(75)68(83-71)70(77)78)82-65(74)59-56-53-50-47-44-41-38-34-30-27-24-21-18-15-12-9-6-3/h8-9,11-12,17-18,20-21,26-27,29-30,37,40,46,49,62,66-69,71,75-76H,4-7,10,13-16,19,22-25,28,31-36,38-39,41-45,47-48,50-61H2,1-3H3,(H,77,78)/b11-8-,12-9-,20-17-,21-18-,29-26-,30-27-,40-37-,49-46-. The van der Waals surface area contributed by atoms with Crippen LogP contribution in [0, 0.1) is 0 Å². The summed E-state index contributed by atoms with van der Waals surface area (Å²) < 4.78 is 28.5. The molecule has 474 valence electrons. The summed E-state index contributed by atoms with van der Waals surface area (Å²) in [5, 5.41) is 31.6. The van der Waals surface area contributed by atoms with Crippen molar-refractivity contribution in [3.8, 4) is 0 Å². The largest absolute Gasteiger partial charge is 0.479 e. The van der Waals surface area contributed by atoms with Gasteiger partial charge in [0.05, 0.1) is 6.61 Å². The molecule has 0 aromatic carbocycles. The fourth-order valence-corrected chi connectivity index (χ4v) is 9.65. The van der Waals surface area contributed by atoms with E-state index in [1.54, 1.807) is 0 Å². The lowest BCUT2D eigenvalue weighted by Gasteiger charge is -2.40. The molecular formula is C71H118O12. The second-order valence-electron chi connectivity index (χ2n) is 22.3. The molecule has 0 saturated carbocycles. The van der Waals surface area contributed by atoms with Gasteiger partial charge in [0.1, 0.15) is 18.8 Å². The third kappa shape index (κ3) is 47.6. The molecule has 12 nitrogen and oxygen atoms in total. The molecule has 0 aromatic rings. The summed E-state index contributed by atoms with van der Waals surface area (Å²) in [7, 11) is 0. The number of aliphatic hydroxyl groups excluding tert-OH is 2. The van der Waals surface area contributed by atoms with E-state index in [-0.39, 0.29) is 25.9 Å². The lowest BCUT2D eigenvalue weighted by Crippen LogP contribution is -2.61. The zero-order valence-electron chi connectivity index (χ0n) is 52.4. The molecule has 12 heteroatoms. The van der Waals surface area contributed by atoms with E-state index in [0.29, 0.717) is 25.7 Å². The lowest BCUT2D eigenvalue weighted by molar-refractivity contribution is -0.301. The van der Waals surface area contributed by atoms with Gasteiger partial charge in [0.25, 0.3) is 0 Å². The molecule has 1 rings (SSSR count).